The maximum Gasteiger partial charge on any atom is 0.275 e. The van der Waals surface area contributed by atoms with Gasteiger partial charge in [0.25, 0.3) is 5.91 Å². The highest BCUT2D eigenvalue weighted by molar-refractivity contribution is 7.89. The Labute approximate surface area is 147 Å². The number of carbonyl (C=O) groups excluding carboxylic acids is 1. The number of amides is 1. The van der Waals surface area contributed by atoms with Crippen LogP contribution >= 0.6 is 11.3 Å². The zero-order valence-corrected chi connectivity index (χ0v) is 14.2. The average Bonchev–Trinajstić information content (AvgIpc) is 3.04. The van der Waals surface area contributed by atoms with Crippen molar-refractivity contribution in [1.29, 1.82) is 0 Å². The molecule has 2 aromatic heterocycles. The predicted octanol–water partition coefficient (Wildman–Crippen LogP) is 1.58. The Balaban J connectivity index is 1.67. The van der Waals surface area contributed by atoms with Crippen LogP contribution in [0.5, 0.6) is 0 Å². The number of thiazole rings is 1. The van der Waals surface area contributed by atoms with Crippen LogP contribution in [-0.4, -0.2) is 29.3 Å². The highest BCUT2D eigenvalue weighted by atomic mass is 32.2. The molecule has 0 aliphatic heterocycles. The normalized spacial score (nSPS) is 11.1. The van der Waals surface area contributed by atoms with Crippen molar-refractivity contribution in [2.24, 2.45) is 5.14 Å². The van der Waals surface area contributed by atoms with E-state index in [1.54, 1.807) is 23.8 Å². The molecule has 2 heterocycles. The van der Waals surface area contributed by atoms with Gasteiger partial charge >= 0.3 is 0 Å². The van der Waals surface area contributed by atoms with E-state index in [0.717, 1.165) is 0 Å². The SMILES string of the molecule is NS(=O)(=O)c1ccc(NC(=O)c2csc(Nc3ncccn3)n2)cc1. The fraction of sp³-hybridized carbons (Fsp3) is 0. The third-order valence-corrected chi connectivity index (χ3v) is 4.65. The van der Waals surface area contributed by atoms with Gasteiger partial charge < -0.3 is 10.6 Å². The van der Waals surface area contributed by atoms with E-state index in [-0.39, 0.29) is 10.6 Å². The summed E-state index contributed by atoms with van der Waals surface area (Å²) in [5.41, 5.74) is 0.630. The molecule has 0 saturated carbocycles. The van der Waals surface area contributed by atoms with E-state index in [9.17, 15) is 13.2 Å². The average molecular weight is 376 g/mol. The Morgan fingerprint density at radius 2 is 1.80 bits per heavy atom. The number of carbonyl (C=O) groups is 1. The Bertz CT molecular complexity index is 987. The first kappa shape index (κ1) is 17.0. The molecule has 1 aromatic carbocycles. The van der Waals surface area contributed by atoms with Gasteiger partial charge in [-0.25, -0.2) is 28.5 Å². The van der Waals surface area contributed by atoms with Crippen molar-refractivity contribution in [2.75, 3.05) is 10.6 Å². The topological polar surface area (TPSA) is 140 Å². The monoisotopic (exact) mass is 376 g/mol. The standard InChI is InChI=1S/C14H12N6O3S2/c15-25(22,23)10-4-2-9(3-5-10)18-12(21)11-8-24-14(19-11)20-13-16-6-1-7-17-13/h1-8H,(H,18,21)(H2,15,22,23)(H,16,17,19,20). The summed E-state index contributed by atoms with van der Waals surface area (Å²) < 4.78 is 22.4. The van der Waals surface area contributed by atoms with Crippen molar-refractivity contribution in [3.8, 4) is 0 Å². The molecule has 11 heteroatoms. The summed E-state index contributed by atoms with van der Waals surface area (Å²) in [5, 5.41) is 12.6. The number of hydrogen-bond donors (Lipinski definition) is 3. The zero-order chi connectivity index (χ0) is 17.9. The van der Waals surface area contributed by atoms with Crippen molar-refractivity contribution < 1.29 is 13.2 Å². The van der Waals surface area contributed by atoms with Crippen LogP contribution in [0.2, 0.25) is 0 Å². The van der Waals surface area contributed by atoms with Crippen LogP contribution < -0.4 is 15.8 Å². The molecule has 0 fully saturated rings. The number of anilines is 3. The Morgan fingerprint density at radius 3 is 2.44 bits per heavy atom. The lowest BCUT2D eigenvalue weighted by atomic mass is 10.3. The van der Waals surface area contributed by atoms with E-state index in [1.807, 2.05) is 0 Å². The van der Waals surface area contributed by atoms with Crippen molar-refractivity contribution in [2.45, 2.75) is 4.90 Å². The smallest absolute Gasteiger partial charge is 0.275 e. The second kappa shape index (κ2) is 6.93. The van der Waals surface area contributed by atoms with Crippen molar-refractivity contribution in [3.63, 3.8) is 0 Å². The molecule has 4 N–H and O–H groups in total. The summed E-state index contributed by atoms with van der Waals surface area (Å²) in [4.78, 5) is 24.3. The summed E-state index contributed by atoms with van der Waals surface area (Å²) in [6, 6.07) is 7.20. The van der Waals surface area contributed by atoms with Crippen LogP contribution in [0.4, 0.5) is 16.8 Å². The number of aromatic nitrogens is 3. The number of sulfonamides is 1. The zero-order valence-electron chi connectivity index (χ0n) is 12.6. The van der Waals surface area contributed by atoms with Crippen LogP contribution in [0, 0.1) is 0 Å². The maximum absolute atomic E-state index is 12.2. The molecule has 0 saturated heterocycles. The number of primary sulfonamides is 1. The van der Waals surface area contributed by atoms with Gasteiger partial charge in [-0.2, -0.15) is 0 Å². The van der Waals surface area contributed by atoms with Gasteiger partial charge in [-0.1, -0.05) is 0 Å². The van der Waals surface area contributed by atoms with Gasteiger partial charge in [0.1, 0.15) is 5.69 Å². The summed E-state index contributed by atoms with van der Waals surface area (Å²) >= 11 is 1.23. The first-order valence-corrected chi connectivity index (χ1v) is 9.28. The molecule has 0 radical (unpaired) electrons. The fourth-order valence-electron chi connectivity index (χ4n) is 1.82. The third-order valence-electron chi connectivity index (χ3n) is 2.96. The van der Waals surface area contributed by atoms with E-state index in [1.165, 1.54) is 35.6 Å². The molecule has 0 aliphatic carbocycles. The van der Waals surface area contributed by atoms with Gasteiger partial charge in [0.05, 0.1) is 4.90 Å². The van der Waals surface area contributed by atoms with Gasteiger partial charge in [0, 0.05) is 23.5 Å². The number of hydrogen-bond acceptors (Lipinski definition) is 8. The molecule has 0 atom stereocenters. The summed E-state index contributed by atoms with van der Waals surface area (Å²) in [7, 11) is -3.77. The number of nitrogens with zero attached hydrogens (tertiary/aromatic N) is 3. The summed E-state index contributed by atoms with van der Waals surface area (Å²) in [6.45, 7) is 0. The summed E-state index contributed by atoms with van der Waals surface area (Å²) in [6.07, 6.45) is 3.17. The molecule has 0 unspecified atom stereocenters. The minimum Gasteiger partial charge on any atom is -0.321 e. The molecule has 1 amide bonds. The second-order valence-corrected chi connectivity index (χ2v) is 7.18. The minimum absolute atomic E-state index is 0.0338. The molecule has 3 rings (SSSR count). The quantitative estimate of drug-likeness (QED) is 0.614. The van der Waals surface area contributed by atoms with Crippen molar-refractivity contribution in [3.05, 3.63) is 53.8 Å². The van der Waals surface area contributed by atoms with Crippen LogP contribution in [0.25, 0.3) is 0 Å². The Hall–Kier alpha value is -2.89. The van der Waals surface area contributed by atoms with Crippen LogP contribution in [0.1, 0.15) is 10.5 Å². The van der Waals surface area contributed by atoms with Gasteiger partial charge in [-0.05, 0) is 30.3 Å². The van der Waals surface area contributed by atoms with Crippen LogP contribution in [-0.2, 0) is 10.0 Å². The van der Waals surface area contributed by atoms with Gasteiger partial charge in [0.15, 0.2) is 5.13 Å². The van der Waals surface area contributed by atoms with E-state index < -0.39 is 15.9 Å². The largest absolute Gasteiger partial charge is 0.321 e. The molecule has 9 nitrogen and oxygen atoms in total. The molecule has 25 heavy (non-hydrogen) atoms. The first-order chi connectivity index (χ1) is 11.9. The molecule has 3 aromatic rings. The number of nitrogens with two attached hydrogens (primary N) is 1. The second-order valence-electron chi connectivity index (χ2n) is 4.76. The number of rotatable bonds is 5. The van der Waals surface area contributed by atoms with Crippen LogP contribution in [0.15, 0.2) is 53.0 Å². The molecule has 0 aliphatic rings. The minimum atomic E-state index is -3.77. The van der Waals surface area contributed by atoms with Crippen molar-refractivity contribution >= 4 is 44.0 Å². The van der Waals surface area contributed by atoms with E-state index >= 15 is 0 Å². The van der Waals surface area contributed by atoms with E-state index in [2.05, 4.69) is 25.6 Å². The van der Waals surface area contributed by atoms with Crippen LogP contribution in [0.3, 0.4) is 0 Å². The molecular formula is C14H12N6O3S2. The molecule has 0 bridgehead atoms. The van der Waals surface area contributed by atoms with Gasteiger partial charge in [-0.3, -0.25) is 4.79 Å². The fourth-order valence-corrected chi connectivity index (χ4v) is 3.02. The number of nitrogens with one attached hydrogen (secondary N) is 2. The lowest BCUT2D eigenvalue weighted by Crippen LogP contribution is -2.14. The maximum atomic E-state index is 12.2. The molecule has 128 valence electrons. The summed E-state index contributed by atoms with van der Waals surface area (Å²) in [5.74, 6) is -0.0518. The Kier molecular flexibility index (Phi) is 4.70. The lowest BCUT2D eigenvalue weighted by molar-refractivity contribution is 0.102. The molecule has 0 spiro atoms. The van der Waals surface area contributed by atoms with E-state index in [4.69, 9.17) is 5.14 Å². The highest BCUT2D eigenvalue weighted by Gasteiger charge is 2.13. The first-order valence-electron chi connectivity index (χ1n) is 6.85. The van der Waals surface area contributed by atoms with Gasteiger partial charge in [0.2, 0.25) is 16.0 Å². The van der Waals surface area contributed by atoms with Crippen molar-refractivity contribution in [1.82, 2.24) is 15.0 Å². The number of benzene rings is 1. The third kappa shape index (κ3) is 4.35. The predicted molar refractivity (Wildman–Crippen MR) is 93.2 cm³/mol. The van der Waals surface area contributed by atoms with Gasteiger partial charge in [-0.15, -0.1) is 11.3 Å². The van der Waals surface area contributed by atoms with E-state index in [0.29, 0.717) is 16.8 Å². The lowest BCUT2D eigenvalue weighted by Gasteiger charge is -2.04. The molecular weight excluding hydrogens is 364 g/mol. The Morgan fingerprint density at radius 1 is 1.12 bits per heavy atom. The highest BCUT2D eigenvalue weighted by Crippen LogP contribution is 2.20.